The molecule has 32 heavy (non-hydrogen) atoms. The van der Waals surface area contributed by atoms with Gasteiger partial charge in [0.15, 0.2) is 0 Å². The molecule has 0 saturated carbocycles. The fourth-order valence-corrected chi connectivity index (χ4v) is 5.66. The van der Waals surface area contributed by atoms with Gasteiger partial charge in [0, 0.05) is 6.04 Å². The van der Waals surface area contributed by atoms with Gasteiger partial charge in [-0.2, -0.15) is 0 Å². The van der Waals surface area contributed by atoms with E-state index in [1.165, 1.54) is 38.8 Å². The number of ether oxygens (including phenoxy) is 1. The van der Waals surface area contributed by atoms with E-state index in [0.717, 1.165) is 35.8 Å². The fraction of sp³-hybridized carbons (Fsp3) is 0.538. The molecule has 2 atom stereocenters. The summed E-state index contributed by atoms with van der Waals surface area (Å²) < 4.78 is 34.2. The monoisotopic (exact) mass is 458 g/mol. The normalized spacial score (nSPS) is 17.1. The molecule has 3 rings (SSSR count). The fourth-order valence-electron chi connectivity index (χ4n) is 4.30. The van der Waals surface area contributed by atoms with Crippen LogP contribution in [-0.2, 0) is 16.4 Å². The van der Waals surface area contributed by atoms with Crippen molar-refractivity contribution in [1.29, 1.82) is 0 Å². The number of hydrogen-bond acceptors (Lipinski definition) is 4. The molecule has 0 spiro atoms. The van der Waals surface area contributed by atoms with Crippen LogP contribution in [0, 0.1) is 5.92 Å². The second-order valence-corrected chi connectivity index (χ2v) is 11.0. The number of benzene rings is 2. The summed E-state index contributed by atoms with van der Waals surface area (Å²) in [5.74, 6) is 1.76. The smallest absolute Gasteiger partial charge is 0.218 e. The Kier molecular flexibility index (Phi) is 9.57. The predicted molar refractivity (Wildman–Crippen MR) is 131 cm³/mol. The Labute approximate surface area is 194 Å². The van der Waals surface area contributed by atoms with Crippen molar-refractivity contribution in [2.45, 2.75) is 63.7 Å². The summed E-state index contributed by atoms with van der Waals surface area (Å²) in [5, 5.41) is 2.83. The van der Waals surface area contributed by atoms with Crippen LogP contribution < -0.4 is 14.8 Å². The molecule has 1 fully saturated rings. The number of nitrogens with one attached hydrogen (secondary N) is 2. The molecule has 176 valence electrons. The third-order valence-corrected chi connectivity index (χ3v) is 8.23. The minimum absolute atomic E-state index is 0.187. The number of hydrogen-bond donors (Lipinski definition) is 2. The minimum Gasteiger partial charge on any atom is -0.494 e. The van der Waals surface area contributed by atoms with Gasteiger partial charge in [-0.15, -0.1) is 0 Å². The lowest BCUT2D eigenvalue weighted by atomic mass is 9.93. The summed E-state index contributed by atoms with van der Waals surface area (Å²) >= 11 is 0. The maximum atomic E-state index is 12.7. The quantitative estimate of drug-likeness (QED) is 0.446. The van der Waals surface area contributed by atoms with Crippen LogP contribution >= 0.6 is 0 Å². The van der Waals surface area contributed by atoms with Crippen molar-refractivity contribution in [3.8, 4) is 5.75 Å². The van der Waals surface area contributed by atoms with Gasteiger partial charge in [0.05, 0.1) is 11.9 Å². The van der Waals surface area contributed by atoms with Gasteiger partial charge in [0.1, 0.15) is 5.75 Å². The molecule has 5 nitrogen and oxygen atoms in total. The maximum absolute atomic E-state index is 12.7. The van der Waals surface area contributed by atoms with Crippen LogP contribution in [0.5, 0.6) is 5.75 Å². The highest BCUT2D eigenvalue weighted by molar-refractivity contribution is 7.89. The van der Waals surface area contributed by atoms with Crippen molar-refractivity contribution in [2.75, 3.05) is 19.7 Å². The molecule has 1 saturated heterocycles. The maximum Gasteiger partial charge on any atom is 0.218 e. The minimum atomic E-state index is -3.44. The second kappa shape index (κ2) is 12.4. The van der Waals surface area contributed by atoms with Crippen molar-refractivity contribution in [2.24, 2.45) is 5.92 Å². The zero-order chi connectivity index (χ0) is 22.8. The largest absolute Gasteiger partial charge is 0.494 e. The van der Waals surface area contributed by atoms with E-state index in [1.54, 1.807) is 6.92 Å². The molecule has 2 unspecified atom stereocenters. The molecule has 2 N–H and O–H groups in total. The molecule has 0 aliphatic carbocycles. The van der Waals surface area contributed by atoms with Crippen LogP contribution in [0.15, 0.2) is 54.6 Å². The van der Waals surface area contributed by atoms with E-state index in [0.29, 0.717) is 6.42 Å². The van der Waals surface area contributed by atoms with Crippen LogP contribution in [0.2, 0.25) is 0 Å². The Bertz CT molecular complexity index is 894. The predicted octanol–water partition coefficient (Wildman–Crippen LogP) is 4.85. The third-order valence-electron chi connectivity index (χ3n) is 6.30. The zero-order valence-electron chi connectivity index (χ0n) is 19.4. The van der Waals surface area contributed by atoms with E-state index in [4.69, 9.17) is 4.74 Å². The highest BCUT2D eigenvalue weighted by atomic mass is 32.2. The topological polar surface area (TPSA) is 67.4 Å². The molecule has 0 amide bonds. The van der Waals surface area contributed by atoms with Crippen LogP contribution in [0.4, 0.5) is 0 Å². The van der Waals surface area contributed by atoms with Gasteiger partial charge in [0.2, 0.25) is 10.0 Å². The Balaban J connectivity index is 1.38. The van der Waals surface area contributed by atoms with Gasteiger partial charge >= 0.3 is 0 Å². The second-order valence-electron chi connectivity index (χ2n) is 9.00. The van der Waals surface area contributed by atoms with E-state index in [1.807, 2.05) is 61.5 Å². The van der Waals surface area contributed by atoms with E-state index in [-0.39, 0.29) is 6.04 Å². The molecule has 1 aliphatic rings. The molecule has 1 aliphatic heterocycles. The van der Waals surface area contributed by atoms with Gasteiger partial charge in [-0.25, -0.2) is 13.1 Å². The molecular weight excluding hydrogens is 420 g/mol. The first-order chi connectivity index (χ1) is 15.4. The Morgan fingerprint density at radius 1 is 1.00 bits per heavy atom. The van der Waals surface area contributed by atoms with Crippen molar-refractivity contribution >= 4 is 10.0 Å². The van der Waals surface area contributed by atoms with Gasteiger partial charge in [-0.1, -0.05) is 48.9 Å². The number of rotatable bonds is 12. The van der Waals surface area contributed by atoms with Crippen molar-refractivity contribution in [3.05, 3.63) is 65.7 Å². The Hall–Kier alpha value is -1.89. The van der Waals surface area contributed by atoms with Crippen LogP contribution in [0.1, 0.15) is 62.3 Å². The van der Waals surface area contributed by atoms with Crippen LogP contribution in [0.3, 0.4) is 0 Å². The average molecular weight is 459 g/mol. The van der Waals surface area contributed by atoms with Crippen molar-refractivity contribution < 1.29 is 13.2 Å². The van der Waals surface area contributed by atoms with Crippen molar-refractivity contribution in [1.82, 2.24) is 10.0 Å². The summed E-state index contributed by atoms with van der Waals surface area (Å²) in [4.78, 5) is 0. The van der Waals surface area contributed by atoms with Crippen LogP contribution in [0.25, 0.3) is 0 Å². The van der Waals surface area contributed by atoms with E-state index in [9.17, 15) is 8.42 Å². The number of sulfonamides is 1. The van der Waals surface area contributed by atoms with E-state index >= 15 is 0 Å². The summed E-state index contributed by atoms with van der Waals surface area (Å²) in [6.45, 7) is 6.71. The van der Waals surface area contributed by atoms with E-state index in [2.05, 4.69) is 10.0 Å². The first-order valence-electron chi connectivity index (χ1n) is 11.9. The summed E-state index contributed by atoms with van der Waals surface area (Å²) in [6.07, 6.45) is 6.87. The molecule has 6 heteroatoms. The molecule has 1 heterocycles. The molecule has 0 aromatic heterocycles. The van der Waals surface area contributed by atoms with Gasteiger partial charge in [0.25, 0.3) is 0 Å². The van der Waals surface area contributed by atoms with Gasteiger partial charge in [-0.05, 0) is 88.2 Å². The molecular formula is C26H38N2O3S. The Morgan fingerprint density at radius 2 is 1.69 bits per heavy atom. The lowest BCUT2D eigenvalue weighted by molar-refractivity contribution is 0.287. The molecule has 2 aromatic carbocycles. The number of piperidine rings is 1. The highest BCUT2D eigenvalue weighted by Crippen LogP contribution is 2.22. The number of unbranched alkanes of at least 4 members (excludes halogenated alkanes) is 1. The Morgan fingerprint density at radius 3 is 2.38 bits per heavy atom. The highest BCUT2D eigenvalue weighted by Gasteiger charge is 2.24. The lowest BCUT2D eigenvalue weighted by Gasteiger charge is -2.22. The van der Waals surface area contributed by atoms with Crippen LogP contribution in [-0.4, -0.2) is 34.2 Å². The third kappa shape index (κ3) is 7.91. The summed E-state index contributed by atoms with van der Waals surface area (Å²) in [7, 11) is -3.44. The van der Waals surface area contributed by atoms with E-state index < -0.39 is 15.3 Å². The molecule has 0 bridgehead atoms. The average Bonchev–Trinajstić information content (AvgIpc) is 2.80. The van der Waals surface area contributed by atoms with Gasteiger partial charge in [-0.3, -0.25) is 0 Å². The summed E-state index contributed by atoms with van der Waals surface area (Å²) in [5.41, 5.74) is 1.88. The van der Waals surface area contributed by atoms with Gasteiger partial charge < -0.3 is 10.1 Å². The SMILES string of the molecule is CC(Cc1ccc(OCCCCC2CCNCC2)cc1)NS(=O)(=O)C(C)c1ccccc1. The summed E-state index contributed by atoms with van der Waals surface area (Å²) in [6, 6.07) is 17.1. The first-order valence-corrected chi connectivity index (χ1v) is 13.5. The zero-order valence-corrected chi connectivity index (χ0v) is 20.2. The standard InChI is InChI=1S/C26H38N2O3S/c1-21(28-32(29,30)22(2)25-9-4-3-5-10-25)20-24-11-13-26(14-12-24)31-19-7-6-8-23-15-17-27-18-16-23/h3-5,9-14,21-23,27-28H,6-8,15-20H2,1-2H3. The molecule has 0 radical (unpaired) electrons. The first kappa shape index (κ1) is 24.7. The molecule has 2 aromatic rings. The lowest BCUT2D eigenvalue weighted by Crippen LogP contribution is -2.36. The van der Waals surface area contributed by atoms with Crippen molar-refractivity contribution in [3.63, 3.8) is 0 Å².